The molecule has 1 aromatic carbocycles. The summed E-state index contributed by atoms with van der Waals surface area (Å²) in [5, 5.41) is 4.91. The Morgan fingerprint density at radius 2 is 1.90 bits per heavy atom. The fourth-order valence-electron chi connectivity index (χ4n) is 2.31. The van der Waals surface area contributed by atoms with Crippen molar-refractivity contribution < 1.29 is 0 Å². The predicted molar refractivity (Wildman–Crippen MR) is 95.2 cm³/mol. The molecule has 0 saturated carbocycles. The minimum Gasteiger partial charge on any atom is -0.313 e. The molecular weight excluding hydrogens is 344 g/mol. The number of aromatic nitrogens is 1. The van der Waals surface area contributed by atoms with Gasteiger partial charge < -0.3 is 5.32 Å². The van der Waals surface area contributed by atoms with Crippen LogP contribution in [0.2, 0.25) is 0 Å². The maximum atomic E-state index is 4.68. The van der Waals surface area contributed by atoms with E-state index in [1.807, 2.05) is 11.3 Å². The van der Waals surface area contributed by atoms with E-state index in [2.05, 4.69) is 71.3 Å². The van der Waals surface area contributed by atoms with Gasteiger partial charge in [-0.2, -0.15) is 0 Å². The van der Waals surface area contributed by atoms with Crippen LogP contribution in [0.3, 0.4) is 0 Å². The highest BCUT2D eigenvalue weighted by Gasteiger charge is 2.13. The van der Waals surface area contributed by atoms with E-state index in [4.69, 9.17) is 0 Å². The van der Waals surface area contributed by atoms with Gasteiger partial charge in [-0.1, -0.05) is 35.0 Å². The molecule has 2 aromatic rings. The number of hydrogen-bond acceptors (Lipinski definition) is 3. The average Bonchev–Trinajstić information content (AvgIpc) is 2.77. The predicted octanol–water partition coefficient (Wildman–Crippen LogP) is 4.68. The Balaban J connectivity index is 2.04. The molecule has 0 saturated heterocycles. The van der Waals surface area contributed by atoms with Crippen LogP contribution in [0.1, 0.15) is 34.5 Å². The van der Waals surface area contributed by atoms with E-state index in [1.54, 1.807) is 0 Å². The standard InChI is InChI=1S/C17H23BrN2S/c1-4-9-19-16(10-14-5-7-15(18)8-6-14)11-17-20-12(2)13(3)21-17/h5-8,16,19H,4,9-11H2,1-3H3. The molecule has 21 heavy (non-hydrogen) atoms. The molecule has 2 rings (SSSR count). The van der Waals surface area contributed by atoms with Crippen molar-refractivity contribution in [3.8, 4) is 0 Å². The van der Waals surface area contributed by atoms with Gasteiger partial charge in [0.05, 0.1) is 10.7 Å². The van der Waals surface area contributed by atoms with Gasteiger partial charge >= 0.3 is 0 Å². The zero-order chi connectivity index (χ0) is 15.2. The zero-order valence-electron chi connectivity index (χ0n) is 12.9. The normalized spacial score (nSPS) is 12.6. The molecule has 0 amide bonds. The van der Waals surface area contributed by atoms with Crippen LogP contribution in [-0.2, 0) is 12.8 Å². The quantitative estimate of drug-likeness (QED) is 0.769. The van der Waals surface area contributed by atoms with Crippen molar-refractivity contribution >= 4 is 27.3 Å². The summed E-state index contributed by atoms with van der Waals surface area (Å²) in [6, 6.07) is 9.08. The van der Waals surface area contributed by atoms with E-state index in [9.17, 15) is 0 Å². The number of halogens is 1. The Kier molecular flexibility index (Phi) is 6.40. The molecule has 0 aliphatic heterocycles. The summed E-state index contributed by atoms with van der Waals surface area (Å²) in [6.07, 6.45) is 3.22. The van der Waals surface area contributed by atoms with Gasteiger partial charge in [0.25, 0.3) is 0 Å². The van der Waals surface area contributed by atoms with Crippen molar-refractivity contribution in [2.24, 2.45) is 0 Å². The molecule has 114 valence electrons. The van der Waals surface area contributed by atoms with Crippen LogP contribution in [0.4, 0.5) is 0 Å². The van der Waals surface area contributed by atoms with Crippen LogP contribution >= 0.6 is 27.3 Å². The summed E-state index contributed by atoms with van der Waals surface area (Å²) in [5.74, 6) is 0. The number of rotatable bonds is 7. The van der Waals surface area contributed by atoms with Gasteiger partial charge in [-0.15, -0.1) is 11.3 Å². The summed E-state index contributed by atoms with van der Waals surface area (Å²) in [5.41, 5.74) is 2.55. The topological polar surface area (TPSA) is 24.9 Å². The molecule has 1 heterocycles. The molecule has 1 aromatic heterocycles. The SMILES string of the molecule is CCCNC(Cc1ccc(Br)cc1)Cc1nc(C)c(C)s1. The third-order valence-corrected chi connectivity index (χ3v) is 5.20. The second-order valence-electron chi connectivity index (χ2n) is 5.43. The highest BCUT2D eigenvalue weighted by molar-refractivity contribution is 9.10. The molecule has 0 fully saturated rings. The number of benzene rings is 1. The largest absolute Gasteiger partial charge is 0.313 e. The lowest BCUT2D eigenvalue weighted by Gasteiger charge is -2.17. The molecule has 0 aliphatic carbocycles. The highest BCUT2D eigenvalue weighted by atomic mass is 79.9. The number of nitrogens with one attached hydrogen (secondary N) is 1. The molecule has 1 N–H and O–H groups in total. The van der Waals surface area contributed by atoms with E-state index in [-0.39, 0.29) is 0 Å². The van der Waals surface area contributed by atoms with Crippen LogP contribution in [0.25, 0.3) is 0 Å². The van der Waals surface area contributed by atoms with E-state index in [0.29, 0.717) is 6.04 Å². The second-order valence-corrected chi connectivity index (χ2v) is 7.64. The van der Waals surface area contributed by atoms with Crippen LogP contribution < -0.4 is 5.32 Å². The Morgan fingerprint density at radius 3 is 2.48 bits per heavy atom. The third kappa shape index (κ3) is 5.20. The molecule has 4 heteroatoms. The first kappa shape index (κ1) is 16.7. The summed E-state index contributed by atoms with van der Waals surface area (Å²) in [6.45, 7) is 7.52. The number of aryl methyl sites for hydroxylation is 2. The lowest BCUT2D eigenvalue weighted by atomic mass is 10.0. The van der Waals surface area contributed by atoms with Gasteiger partial charge in [0.2, 0.25) is 0 Å². The number of nitrogens with zero attached hydrogens (tertiary/aromatic N) is 1. The van der Waals surface area contributed by atoms with Crippen molar-refractivity contribution in [2.45, 2.75) is 46.1 Å². The third-order valence-electron chi connectivity index (χ3n) is 3.57. The summed E-state index contributed by atoms with van der Waals surface area (Å²) < 4.78 is 1.13. The van der Waals surface area contributed by atoms with Crippen molar-refractivity contribution in [1.82, 2.24) is 10.3 Å². The van der Waals surface area contributed by atoms with Gasteiger partial charge in [-0.25, -0.2) is 4.98 Å². The summed E-state index contributed by atoms with van der Waals surface area (Å²) in [7, 11) is 0. The van der Waals surface area contributed by atoms with E-state index in [1.165, 1.54) is 21.1 Å². The molecule has 0 bridgehead atoms. The fourth-order valence-corrected chi connectivity index (χ4v) is 3.59. The first-order valence-electron chi connectivity index (χ1n) is 7.49. The molecule has 1 atom stereocenters. The first-order valence-corrected chi connectivity index (χ1v) is 9.10. The van der Waals surface area contributed by atoms with Crippen LogP contribution in [0, 0.1) is 13.8 Å². The summed E-state index contributed by atoms with van der Waals surface area (Å²) in [4.78, 5) is 6.02. The maximum absolute atomic E-state index is 4.68. The smallest absolute Gasteiger partial charge is 0.0946 e. The van der Waals surface area contributed by atoms with Crippen molar-refractivity contribution in [3.05, 3.63) is 49.9 Å². The second kappa shape index (κ2) is 8.06. The molecule has 0 spiro atoms. The number of thiazole rings is 1. The van der Waals surface area contributed by atoms with E-state index >= 15 is 0 Å². The van der Waals surface area contributed by atoms with Gasteiger partial charge in [0, 0.05) is 21.8 Å². The Labute approximate surface area is 140 Å². The molecule has 0 aliphatic rings. The number of hydrogen-bond donors (Lipinski definition) is 1. The van der Waals surface area contributed by atoms with Crippen molar-refractivity contribution in [2.75, 3.05) is 6.54 Å². The van der Waals surface area contributed by atoms with Gasteiger partial charge in [0.1, 0.15) is 0 Å². The van der Waals surface area contributed by atoms with Crippen molar-refractivity contribution in [1.29, 1.82) is 0 Å². The van der Waals surface area contributed by atoms with Crippen LogP contribution in [-0.4, -0.2) is 17.6 Å². The average molecular weight is 367 g/mol. The van der Waals surface area contributed by atoms with E-state index < -0.39 is 0 Å². The van der Waals surface area contributed by atoms with E-state index in [0.717, 1.165) is 30.3 Å². The lowest BCUT2D eigenvalue weighted by Crippen LogP contribution is -2.33. The lowest BCUT2D eigenvalue weighted by molar-refractivity contribution is 0.503. The van der Waals surface area contributed by atoms with Crippen LogP contribution in [0.15, 0.2) is 28.7 Å². The monoisotopic (exact) mass is 366 g/mol. The minimum absolute atomic E-state index is 0.455. The van der Waals surface area contributed by atoms with Gasteiger partial charge in [0.15, 0.2) is 0 Å². The fraction of sp³-hybridized carbons (Fsp3) is 0.471. The van der Waals surface area contributed by atoms with Crippen LogP contribution in [0.5, 0.6) is 0 Å². The molecular formula is C17H23BrN2S. The maximum Gasteiger partial charge on any atom is 0.0946 e. The highest BCUT2D eigenvalue weighted by Crippen LogP contribution is 2.19. The molecule has 1 unspecified atom stereocenters. The molecule has 2 nitrogen and oxygen atoms in total. The Bertz CT molecular complexity index is 543. The first-order chi connectivity index (χ1) is 10.1. The molecule has 0 radical (unpaired) electrons. The minimum atomic E-state index is 0.455. The summed E-state index contributed by atoms with van der Waals surface area (Å²) >= 11 is 5.32. The Hall–Kier alpha value is -0.710. The Morgan fingerprint density at radius 1 is 1.19 bits per heavy atom. The van der Waals surface area contributed by atoms with Crippen molar-refractivity contribution in [3.63, 3.8) is 0 Å². The van der Waals surface area contributed by atoms with Gasteiger partial charge in [-0.3, -0.25) is 0 Å². The van der Waals surface area contributed by atoms with Gasteiger partial charge in [-0.05, 0) is 50.9 Å². The zero-order valence-corrected chi connectivity index (χ0v) is 15.4.